The van der Waals surface area contributed by atoms with Crippen molar-refractivity contribution in [1.29, 1.82) is 0 Å². The second-order valence-corrected chi connectivity index (χ2v) is 12.3. The fraction of sp³-hybridized carbons (Fsp3) is 0.652. The van der Waals surface area contributed by atoms with Crippen LogP contribution in [0.25, 0.3) is 11.4 Å². The lowest BCUT2D eigenvalue weighted by Gasteiger charge is -2.37. The van der Waals surface area contributed by atoms with E-state index in [-0.39, 0.29) is 40.9 Å². The summed E-state index contributed by atoms with van der Waals surface area (Å²) < 4.78 is 39.3. The van der Waals surface area contributed by atoms with Gasteiger partial charge < -0.3 is 34.5 Å². The van der Waals surface area contributed by atoms with Crippen LogP contribution in [0.4, 0.5) is 4.39 Å². The van der Waals surface area contributed by atoms with E-state index < -0.39 is 48.8 Å². The monoisotopic (exact) mass is 532 g/mol. The molecule has 1 saturated heterocycles. The molecule has 1 fully saturated rings. The number of hydrogen-bond donors (Lipinski definition) is 5. The molecule has 0 radical (unpaired) electrons. The normalized spacial score (nSPS) is 28.0. The quantitative estimate of drug-likeness (QED) is 0.251. The summed E-state index contributed by atoms with van der Waals surface area (Å²) in [5.74, 6) is -0.212. The highest BCUT2D eigenvalue weighted by atomic mass is 32.1. The number of hydrogen-bond acceptors (Lipinski definition) is 8. The molecule has 3 heterocycles. The number of aromatic nitrogens is 2. The predicted octanol–water partition coefficient (Wildman–Crippen LogP) is 4.04. The van der Waals surface area contributed by atoms with Crippen LogP contribution in [0, 0.1) is 24.3 Å². The van der Waals surface area contributed by atoms with Gasteiger partial charge in [-0.15, -0.1) is 0 Å². The fourth-order valence-electron chi connectivity index (χ4n) is 4.06. The first kappa shape index (κ1) is 28.3. The van der Waals surface area contributed by atoms with E-state index in [0.29, 0.717) is 11.3 Å². The molecule has 0 aliphatic carbocycles. The molecule has 0 aromatic heterocycles. The standard InChI is InChI=1S/C23H34FN2O7PS/c1-7-22(5,33-34(30,31)23(6,29)8-2)10-15-17(27)18(28)19(32-15)14-9-13-16(24)11(3)12(4)25-20(13)26-21(14)35/h9,15,17-19,27-29H,7-8,10H2,1-6H3,(H,30,31)(H,25,26,35)/t15-,17?,18+,19+,22?,23?/m1/s1. The predicted molar refractivity (Wildman–Crippen MR) is 130 cm³/mol. The fourth-order valence-corrected chi connectivity index (χ4v) is 5.72. The number of nitrogens with one attached hydrogen (secondary N) is 1. The molecule has 5 N–H and O–H groups in total. The number of aryl methyl sites for hydroxylation is 1. The number of rotatable bonds is 8. The van der Waals surface area contributed by atoms with Gasteiger partial charge in [0.25, 0.3) is 0 Å². The third kappa shape index (κ3) is 5.24. The molecule has 7 atom stereocenters. The van der Waals surface area contributed by atoms with Crippen LogP contribution in [-0.4, -0.2) is 59.4 Å². The third-order valence-electron chi connectivity index (χ3n) is 7.12. The molecule has 3 rings (SSSR count). The van der Waals surface area contributed by atoms with Crippen molar-refractivity contribution >= 4 is 19.8 Å². The summed E-state index contributed by atoms with van der Waals surface area (Å²) in [6.45, 7) is 9.44. The highest BCUT2D eigenvalue weighted by molar-refractivity contribution is 7.71. The third-order valence-corrected chi connectivity index (χ3v) is 9.67. The molecule has 0 amide bonds. The Morgan fingerprint density at radius 3 is 2.46 bits per heavy atom. The number of halogens is 1. The second kappa shape index (κ2) is 9.87. The highest BCUT2D eigenvalue weighted by Gasteiger charge is 2.50. The number of aliphatic hydroxyl groups excluding tert-OH is 2. The van der Waals surface area contributed by atoms with Crippen LogP contribution in [0.5, 0.6) is 0 Å². The van der Waals surface area contributed by atoms with Crippen LogP contribution in [0.2, 0.25) is 0 Å². The molecule has 0 aromatic rings. The molecule has 196 valence electrons. The van der Waals surface area contributed by atoms with Gasteiger partial charge in [0.15, 0.2) is 5.34 Å². The zero-order valence-electron chi connectivity index (χ0n) is 20.7. The first-order chi connectivity index (χ1) is 16.1. The average Bonchev–Trinajstić information content (AvgIpc) is 3.04. The van der Waals surface area contributed by atoms with E-state index in [1.165, 1.54) is 13.0 Å². The number of ether oxygens (including phenoxy) is 1. The summed E-state index contributed by atoms with van der Waals surface area (Å²) >= 11 is 5.38. The molecule has 0 spiro atoms. The van der Waals surface area contributed by atoms with Crippen molar-refractivity contribution in [2.75, 3.05) is 0 Å². The van der Waals surface area contributed by atoms with Crippen LogP contribution in [0.3, 0.4) is 0 Å². The molecule has 0 aromatic carbocycles. The average molecular weight is 533 g/mol. The van der Waals surface area contributed by atoms with Gasteiger partial charge in [-0.3, -0.25) is 4.57 Å². The molecule has 12 heteroatoms. The molecular formula is C23H34FN2O7PS. The summed E-state index contributed by atoms with van der Waals surface area (Å²) in [6.07, 6.45) is -4.67. The SMILES string of the molecule is CCC(C)(C[C@H]1O[C@@H](c2cc3c(F)c(C)c(C)[nH]c-3nc2=S)[C@@H](O)C1O)OP(=O)(O)C(C)(O)CC. The van der Waals surface area contributed by atoms with Gasteiger partial charge in [0.1, 0.15) is 34.6 Å². The second-order valence-electron chi connectivity index (χ2n) is 9.73. The van der Waals surface area contributed by atoms with E-state index in [4.69, 9.17) is 21.5 Å². The van der Waals surface area contributed by atoms with Crippen LogP contribution >= 0.6 is 19.8 Å². The maximum absolute atomic E-state index is 14.9. The van der Waals surface area contributed by atoms with E-state index in [1.54, 1.807) is 34.6 Å². The zero-order valence-corrected chi connectivity index (χ0v) is 22.4. The molecule has 4 unspecified atom stereocenters. The van der Waals surface area contributed by atoms with E-state index in [0.717, 1.165) is 0 Å². The van der Waals surface area contributed by atoms with Gasteiger partial charge in [0.2, 0.25) is 0 Å². The van der Waals surface area contributed by atoms with Crippen LogP contribution in [0.15, 0.2) is 6.07 Å². The first-order valence-corrected chi connectivity index (χ1v) is 13.5. The van der Waals surface area contributed by atoms with Crippen molar-refractivity contribution in [2.45, 2.75) is 96.2 Å². The van der Waals surface area contributed by atoms with Crippen LogP contribution in [0.1, 0.15) is 69.9 Å². The molecule has 0 saturated carbocycles. The Labute approximate surface area is 209 Å². The Bertz CT molecular complexity index is 1180. The Balaban J connectivity index is 1.92. The molecule has 3 aliphatic heterocycles. The van der Waals surface area contributed by atoms with Crippen LogP contribution < -0.4 is 0 Å². The van der Waals surface area contributed by atoms with Crippen LogP contribution in [-0.2, 0) is 13.8 Å². The largest absolute Gasteiger partial charge is 0.388 e. The summed E-state index contributed by atoms with van der Waals surface area (Å²) in [6, 6.07) is 1.46. The van der Waals surface area contributed by atoms with Crippen molar-refractivity contribution in [3.63, 3.8) is 0 Å². The maximum atomic E-state index is 14.9. The van der Waals surface area contributed by atoms with Gasteiger partial charge in [-0.1, -0.05) is 26.1 Å². The number of nitrogens with zero attached hydrogens (tertiary/aromatic N) is 1. The lowest BCUT2D eigenvalue weighted by atomic mass is 9.92. The van der Waals surface area contributed by atoms with E-state index >= 15 is 0 Å². The Hall–Kier alpha value is -1.30. The van der Waals surface area contributed by atoms with Crippen molar-refractivity contribution in [1.82, 2.24) is 9.97 Å². The van der Waals surface area contributed by atoms with Gasteiger partial charge in [0, 0.05) is 23.2 Å². The smallest absolute Gasteiger partial charge is 0.359 e. The highest BCUT2D eigenvalue weighted by Crippen LogP contribution is 2.59. The summed E-state index contributed by atoms with van der Waals surface area (Å²) in [7, 11) is -4.46. The topological polar surface area (TPSA) is 145 Å². The lowest BCUT2D eigenvalue weighted by Crippen LogP contribution is -2.40. The number of aliphatic hydroxyl groups is 3. The van der Waals surface area contributed by atoms with Crippen molar-refractivity contribution < 1.29 is 38.4 Å². The number of pyridine rings is 2. The molecule has 35 heavy (non-hydrogen) atoms. The lowest BCUT2D eigenvalue weighted by molar-refractivity contribution is -0.0532. The van der Waals surface area contributed by atoms with Gasteiger partial charge in [-0.2, -0.15) is 0 Å². The van der Waals surface area contributed by atoms with E-state index in [1.807, 2.05) is 0 Å². The minimum Gasteiger partial charge on any atom is -0.388 e. The van der Waals surface area contributed by atoms with Gasteiger partial charge >= 0.3 is 7.60 Å². The Morgan fingerprint density at radius 1 is 1.26 bits per heavy atom. The summed E-state index contributed by atoms with van der Waals surface area (Å²) in [4.78, 5) is 17.7. The summed E-state index contributed by atoms with van der Waals surface area (Å²) in [5.41, 5.74) is 0.186. The minimum atomic E-state index is -4.46. The van der Waals surface area contributed by atoms with Crippen molar-refractivity contribution in [3.05, 3.63) is 33.3 Å². The number of H-pyrrole nitrogens is 1. The van der Waals surface area contributed by atoms with E-state index in [2.05, 4.69) is 9.97 Å². The van der Waals surface area contributed by atoms with Crippen molar-refractivity contribution in [2.24, 2.45) is 0 Å². The van der Waals surface area contributed by atoms with Gasteiger partial charge in [0.05, 0.1) is 17.3 Å². The molecular weight excluding hydrogens is 498 g/mol. The Kier molecular flexibility index (Phi) is 7.97. The minimum absolute atomic E-state index is 0.00647. The zero-order chi connectivity index (χ0) is 26.5. The summed E-state index contributed by atoms with van der Waals surface area (Å²) in [5, 5.41) is 29.9. The van der Waals surface area contributed by atoms with Gasteiger partial charge in [-0.25, -0.2) is 9.37 Å². The Morgan fingerprint density at radius 2 is 1.89 bits per heavy atom. The number of fused-ring (bicyclic) bond motifs is 1. The number of aromatic amines is 1. The first-order valence-electron chi connectivity index (χ1n) is 11.5. The van der Waals surface area contributed by atoms with Gasteiger partial charge in [-0.05, 0) is 46.6 Å². The van der Waals surface area contributed by atoms with Crippen molar-refractivity contribution in [3.8, 4) is 11.4 Å². The molecule has 3 aliphatic rings. The molecule has 9 nitrogen and oxygen atoms in total. The van der Waals surface area contributed by atoms with E-state index in [9.17, 15) is 29.2 Å². The maximum Gasteiger partial charge on any atom is 0.359 e. The molecule has 0 bridgehead atoms.